The Hall–Kier alpha value is -1.76. The lowest BCUT2D eigenvalue weighted by molar-refractivity contribution is 0.340. The van der Waals surface area contributed by atoms with Crippen molar-refractivity contribution in [2.24, 2.45) is 0 Å². The zero-order valence-corrected chi connectivity index (χ0v) is 13.5. The van der Waals surface area contributed by atoms with Gasteiger partial charge in [-0.1, -0.05) is 77.3 Å². The average molecular weight is 262 g/mol. The van der Waals surface area contributed by atoms with Gasteiger partial charge in [-0.3, -0.25) is 0 Å². The van der Waals surface area contributed by atoms with Gasteiger partial charge in [0.05, 0.1) is 0 Å². The molecule has 0 aliphatic heterocycles. The molecular formula is C18H30O. The van der Waals surface area contributed by atoms with Crippen LogP contribution in [0.2, 0.25) is 0 Å². The van der Waals surface area contributed by atoms with E-state index in [1.54, 1.807) is 12.2 Å². The van der Waals surface area contributed by atoms with Crippen molar-refractivity contribution in [3.63, 3.8) is 0 Å². The van der Waals surface area contributed by atoms with Gasteiger partial charge in [-0.25, -0.2) is 0 Å². The van der Waals surface area contributed by atoms with E-state index in [9.17, 15) is 0 Å². The molecule has 0 radical (unpaired) electrons. The number of rotatable bonds is 6. The van der Waals surface area contributed by atoms with Gasteiger partial charge in [0.15, 0.2) is 0 Å². The lowest BCUT2D eigenvalue weighted by atomic mass is 10.3. The van der Waals surface area contributed by atoms with Crippen molar-refractivity contribution < 1.29 is 4.74 Å². The molecule has 0 unspecified atom stereocenters. The SMILES string of the molecule is C=C(C)/C=C\C(=C)OC(=C)/C=C\C(=C)C.CC.CC. The molecule has 0 aliphatic rings. The summed E-state index contributed by atoms with van der Waals surface area (Å²) in [5.74, 6) is 1.07. The molecule has 0 fully saturated rings. The minimum atomic E-state index is 0.536. The van der Waals surface area contributed by atoms with Crippen LogP contribution in [0.25, 0.3) is 0 Å². The predicted molar refractivity (Wildman–Crippen MR) is 90.0 cm³/mol. The van der Waals surface area contributed by atoms with Gasteiger partial charge < -0.3 is 4.74 Å². The quantitative estimate of drug-likeness (QED) is 0.400. The van der Waals surface area contributed by atoms with E-state index in [0.29, 0.717) is 11.5 Å². The van der Waals surface area contributed by atoms with Crippen molar-refractivity contribution in [1.82, 2.24) is 0 Å². The van der Waals surface area contributed by atoms with E-state index in [4.69, 9.17) is 4.74 Å². The van der Waals surface area contributed by atoms with Crippen LogP contribution in [0.5, 0.6) is 0 Å². The van der Waals surface area contributed by atoms with Crippen LogP contribution >= 0.6 is 0 Å². The van der Waals surface area contributed by atoms with Crippen molar-refractivity contribution in [2.75, 3.05) is 0 Å². The summed E-state index contributed by atoms with van der Waals surface area (Å²) in [7, 11) is 0. The van der Waals surface area contributed by atoms with E-state index >= 15 is 0 Å². The highest BCUT2D eigenvalue weighted by Crippen LogP contribution is 2.07. The third-order valence-electron chi connectivity index (χ3n) is 1.37. The summed E-state index contributed by atoms with van der Waals surface area (Å²) >= 11 is 0. The molecule has 0 N–H and O–H groups in total. The minimum absolute atomic E-state index is 0.536. The van der Waals surface area contributed by atoms with Crippen LogP contribution in [0.1, 0.15) is 41.5 Å². The van der Waals surface area contributed by atoms with Crippen LogP contribution in [0.4, 0.5) is 0 Å². The Morgan fingerprint density at radius 3 is 1.11 bits per heavy atom. The van der Waals surface area contributed by atoms with Crippen LogP contribution in [0, 0.1) is 0 Å². The number of hydrogen-bond donors (Lipinski definition) is 0. The number of hydrogen-bond acceptors (Lipinski definition) is 1. The van der Waals surface area contributed by atoms with Crippen molar-refractivity contribution in [2.45, 2.75) is 41.5 Å². The summed E-state index contributed by atoms with van der Waals surface area (Å²) in [6, 6.07) is 0. The first-order valence-corrected chi connectivity index (χ1v) is 6.64. The third kappa shape index (κ3) is 22.0. The van der Waals surface area contributed by atoms with Gasteiger partial charge in [-0.2, -0.15) is 0 Å². The van der Waals surface area contributed by atoms with E-state index in [1.165, 1.54) is 0 Å². The van der Waals surface area contributed by atoms with Crippen molar-refractivity contribution in [1.29, 1.82) is 0 Å². The second kappa shape index (κ2) is 16.2. The van der Waals surface area contributed by atoms with Crippen molar-refractivity contribution in [3.8, 4) is 0 Å². The van der Waals surface area contributed by atoms with Gasteiger partial charge in [0.1, 0.15) is 11.5 Å². The highest BCUT2D eigenvalue weighted by atomic mass is 16.5. The van der Waals surface area contributed by atoms with Crippen molar-refractivity contribution in [3.05, 3.63) is 73.3 Å². The molecule has 0 bridgehead atoms. The van der Waals surface area contributed by atoms with E-state index in [-0.39, 0.29) is 0 Å². The first kappa shape index (κ1) is 22.4. The zero-order valence-electron chi connectivity index (χ0n) is 13.5. The summed E-state index contributed by atoms with van der Waals surface area (Å²) in [5, 5.41) is 0. The summed E-state index contributed by atoms with van der Waals surface area (Å²) in [6.07, 6.45) is 7.17. The Labute approximate surface area is 120 Å². The molecule has 0 heterocycles. The lowest BCUT2D eigenvalue weighted by Gasteiger charge is -2.03. The molecule has 0 aromatic rings. The number of allylic oxidation sites excluding steroid dienone is 6. The van der Waals surface area contributed by atoms with Gasteiger partial charge in [0.25, 0.3) is 0 Å². The first-order valence-electron chi connectivity index (χ1n) is 6.64. The molecule has 0 saturated carbocycles. The molecule has 19 heavy (non-hydrogen) atoms. The van der Waals surface area contributed by atoms with Gasteiger partial charge in [0, 0.05) is 0 Å². The van der Waals surface area contributed by atoms with Crippen molar-refractivity contribution >= 4 is 0 Å². The number of ether oxygens (including phenoxy) is 1. The molecule has 0 aromatic heterocycles. The second-order valence-corrected chi connectivity index (χ2v) is 3.39. The molecule has 0 aliphatic carbocycles. The molecule has 0 spiro atoms. The maximum Gasteiger partial charge on any atom is 0.120 e. The maximum absolute atomic E-state index is 5.31. The smallest absolute Gasteiger partial charge is 0.120 e. The van der Waals surface area contributed by atoms with Gasteiger partial charge in [-0.05, 0) is 26.0 Å². The van der Waals surface area contributed by atoms with Gasteiger partial charge in [0.2, 0.25) is 0 Å². The average Bonchev–Trinajstić information content (AvgIpc) is 2.38. The molecule has 1 nitrogen and oxygen atoms in total. The summed E-state index contributed by atoms with van der Waals surface area (Å²) in [6.45, 7) is 26.7. The van der Waals surface area contributed by atoms with Crippen LogP contribution < -0.4 is 0 Å². The van der Waals surface area contributed by atoms with E-state index in [0.717, 1.165) is 11.1 Å². The Balaban J connectivity index is -0.000000579. The largest absolute Gasteiger partial charge is 0.459 e. The van der Waals surface area contributed by atoms with Gasteiger partial charge in [-0.15, -0.1) is 0 Å². The van der Waals surface area contributed by atoms with Crippen LogP contribution in [-0.2, 0) is 4.74 Å². The molecular weight excluding hydrogens is 232 g/mol. The van der Waals surface area contributed by atoms with Crippen LogP contribution in [0.15, 0.2) is 73.3 Å². The third-order valence-corrected chi connectivity index (χ3v) is 1.37. The standard InChI is InChI=1S/C14H18O.2C2H6/c1-11(2)7-9-13(5)15-14(6)10-8-12(3)4;2*1-2/h7-10H,1,3,5-6H2,2,4H3;2*1-2H3/b9-7-,10-8-;;. The zero-order chi connectivity index (χ0) is 15.8. The Bertz CT molecular complexity index is 307. The Morgan fingerprint density at radius 2 is 0.895 bits per heavy atom. The van der Waals surface area contributed by atoms with E-state index in [1.807, 2.05) is 53.7 Å². The monoisotopic (exact) mass is 262 g/mol. The summed E-state index contributed by atoms with van der Waals surface area (Å²) in [5.41, 5.74) is 1.89. The van der Waals surface area contributed by atoms with Crippen LogP contribution in [0.3, 0.4) is 0 Å². The minimum Gasteiger partial charge on any atom is -0.459 e. The Kier molecular flexibility index (Phi) is 19.2. The second-order valence-electron chi connectivity index (χ2n) is 3.39. The summed E-state index contributed by atoms with van der Waals surface area (Å²) in [4.78, 5) is 0. The Morgan fingerprint density at radius 1 is 0.632 bits per heavy atom. The van der Waals surface area contributed by atoms with E-state index in [2.05, 4.69) is 26.3 Å². The summed E-state index contributed by atoms with van der Waals surface area (Å²) < 4.78 is 5.31. The molecule has 0 aromatic carbocycles. The fourth-order valence-electron chi connectivity index (χ4n) is 0.707. The fraction of sp³-hybridized carbons (Fsp3) is 0.333. The first-order chi connectivity index (χ1) is 8.91. The highest BCUT2D eigenvalue weighted by molar-refractivity contribution is 5.24. The van der Waals surface area contributed by atoms with Crippen LogP contribution in [-0.4, -0.2) is 0 Å². The maximum atomic E-state index is 5.31. The molecule has 0 amide bonds. The van der Waals surface area contributed by atoms with E-state index < -0.39 is 0 Å². The molecule has 108 valence electrons. The molecule has 1 heteroatoms. The lowest BCUT2D eigenvalue weighted by Crippen LogP contribution is -1.85. The normalized spacial score (nSPS) is 8.95. The topological polar surface area (TPSA) is 9.23 Å². The highest BCUT2D eigenvalue weighted by Gasteiger charge is 1.91. The predicted octanol–water partition coefficient (Wildman–Crippen LogP) is 6.35. The molecule has 0 rings (SSSR count). The molecule has 0 atom stereocenters. The molecule has 0 saturated heterocycles. The van der Waals surface area contributed by atoms with Gasteiger partial charge >= 0.3 is 0 Å². The fourth-order valence-corrected chi connectivity index (χ4v) is 0.707.